The molecular formula is C27H30N4O. The number of nitrogens with one attached hydrogen (secondary N) is 1. The summed E-state index contributed by atoms with van der Waals surface area (Å²) in [6, 6.07) is 17.8. The van der Waals surface area contributed by atoms with Crippen molar-refractivity contribution in [3.05, 3.63) is 72.2 Å². The maximum Gasteiger partial charge on any atom is 0.150 e. The molecule has 0 spiro atoms. The molecule has 0 atom stereocenters. The fourth-order valence-corrected chi connectivity index (χ4v) is 4.45. The van der Waals surface area contributed by atoms with E-state index in [0.29, 0.717) is 12.0 Å². The van der Waals surface area contributed by atoms with Gasteiger partial charge in [-0.05, 0) is 54.5 Å². The second-order valence-electron chi connectivity index (χ2n) is 8.98. The second kappa shape index (κ2) is 8.75. The second-order valence-corrected chi connectivity index (χ2v) is 8.98. The molecule has 2 aromatic carbocycles. The largest absolute Gasteiger partial charge is 0.381 e. The van der Waals surface area contributed by atoms with E-state index < -0.39 is 0 Å². The summed E-state index contributed by atoms with van der Waals surface area (Å²) in [4.78, 5) is 9.40. The number of aromatic nitrogens is 3. The number of hydrogen-bond donors (Lipinski definition) is 1. The van der Waals surface area contributed by atoms with Crippen LogP contribution < -0.4 is 5.32 Å². The third-order valence-electron chi connectivity index (χ3n) is 6.31. The van der Waals surface area contributed by atoms with Gasteiger partial charge in [-0.2, -0.15) is 0 Å². The average molecular weight is 427 g/mol. The lowest BCUT2D eigenvalue weighted by atomic mass is 9.99. The Morgan fingerprint density at radius 3 is 2.53 bits per heavy atom. The van der Waals surface area contributed by atoms with Crippen LogP contribution in [0.25, 0.3) is 27.8 Å². The maximum absolute atomic E-state index is 5.54. The zero-order valence-electron chi connectivity index (χ0n) is 19.0. The van der Waals surface area contributed by atoms with Gasteiger partial charge < -0.3 is 14.6 Å². The van der Waals surface area contributed by atoms with Crippen LogP contribution in [0, 0.1) is 6.92 Å². The summed E-state index contributed by atoms with van der Waals surface area (Å²) in [5, 5.41) is 4.76. The number of benzene rings is 2. The van der Waals surface area contributed by atoms with E-state index in [9.17, 15) is 0 Å². The Balaban J connectivity index is 1.68. The zero-order valence-corrected chi connectivity index (χ0v) is 19.0. The number of hydrogen-bond acceptors (Lipinski definition) is 4. The predicted molar refractivity (Wildman–Crippen MR) is 131 cm³/mol. The molecule has 1 N–H and O–H groups in total. The first-order valence-corrected chi connectivity index (χ1v) is 11.5. The van der Waals surface area contributed by atoms with Crippen LogP contribution in [-0.4, -0.2) is 33.8 Å². The Kier molecular flexibility index (Phi) is 5.66. The molecule has 0 saturated carbocycles. The lowest BCUT2D eigenvalue weighted by Crippen LogP contribution is -2.28. The third kappa shape index (κ3) is 4.00. The highest BCUT2D eigenvalue weighted by atomic mass is 16.5. The topological polar surface area (TPSA) is 52.0 Å². The van der Waals surface area contributed by atoms with Crippen molar-refractivity contribution in [2.24, 2.45) is 0 Å². The van der Waals surface area contributed by atoms with Crippen molar-refractivity contribution < 1.29 is 4.74 Å². The van der Waals surface area contributed by atoms with Gasteiger partial charge in [0.2, 0.25) is 0 Å². The van der Waals surface area contributed by atoms with Crippen molar-refractivity contribution in [1.82, 2.24) is 14.5 Å². The van der Waals surface area contributed by atoms with Crippen LogP contribution in [0.2, 0.25) is 0 Å². The van der Waals surface area contributed by atoms with Crippen molar-refractivity contribution >= 4 is 16.9 Å². The average Bonchev–Trinajstić information content (AvgIpc) is 3.21. The quantitative estimate of drug-likeness (QED) is 0.418. The van der Waals surface area contributed by atoms with Gasteiger partial charge in [0.1, 0.15) is 12.1 Å². The molecule has 0 unspecified atom stereocenters. The Bertz CT molecular complexity index is 1220. The molecule has 32 heavy (non-hydrogen) atoms. The predicted octanol–water partition coefficient (Wildman–Crippen LogP) is 6.11. The molecule has 1 aliphatic heterocycles. The fraction of sp³-hybridized carbons (Fsp3) is 0.333. The number of rotatable bonds is 5. The Hall–Kier alpha value is -3.18. The van der Waals surface area contributed by atoms with Gasteiger partial charge in [0.25, 0.3) is 0 Å². The van der Waals surface area contributed by atoms with Crippen LogP contribution in [0.5, 0.6) is 0 Å². The summed E-state index contributed by atoms with van der Waals surface area (Å²) < 4.78 is 7.73. The van der Waals surface area contributed by atoms with Crippen LogP contribution in [-0.2, 0) is 4.74 Å². The molecule has 1 fully saturated rings. The summed E-state index contributed by atoms with van der Waals surface area (Å²) in [7, 11) is 0. The van der Waals surface area contributed by atoms with Gasteiger partial charge in [0.15, 0.2) is 5.65 Å². The van der Waals surface area contributed by atoms with Gasteiger partial charge in [-0.25, -0.2) is 9.97 Å². The van der Waals surface area contributed by atoms with E-state index >= 15 is 0 Å². The Morgan fingerprint density at radius 1 is 1.03 bits per heavy atom. The molecular weight excluding hydrogens is 396 g/mol. The molecule has 3 heterocycles. The van der Waals surface area contributed by atoms with E-state index in [1.807, 2.05) is 0 Å². The van der Waals surface area contributed by atoms with E-state index in [-0.39, 0.29) is 0 Å². The van der Waals surface area contributed by atoms with Crippen LogP contribution in [0.3, 0.4) is 0 Å². The zero-order chi connectivity index (χ0) is 22.1. The smallest absolute Gasteiger partial charge is 0.150 e. The molecule has 4 aromatic rings. The number of nitrogens with zero attached hydrogens (tertiary/aromatic N) is 3. The number of fused-ring (bicyclic) bond motifs is 1. The first-order valence-electron chi connectivity index (χ1n) is 11.5. The first kappa shape index (κ1) is 20.7. The van der Waals surface area contributed by atoms with Gasteiger partial charge in [-0.1, -0.05) is 50.2 Å². The summed E-state index contributed by atoms with van der Waals surface area (Å²) >= 11 is 0. The van der Waals surface area contributed by atoms with Gasteiger partial charge in [0, 0.05) is 36.7 Å². The Labute approximate surface area is 189 Å². The van der Waals surface area contributed by atoms with Crippen molar-refractivity contribution in [2.45, 2.75) is 45.6 Å². The van der Waals surface area contributed by atoms with Gasteiger partial charge in [-0.15, -0.1) is 0 Å². The normalized spacial score (nSPS) is 14.9. The maximum atomic E-state index is 5.54. The molecule has 0 bridgehead atoms. The summed E-state index contributed by atoms with van der Waals surface area (Å²) in [6.45, 7) is 8.15. The lowest BCUT2D eigenvalue weighted by molar-refractivity contribution is 0.0904. The van der Waals surface area contributed by atoms with Crippen LogP contribution in [0.1, 0.15) is 43.7 Å². The Morgan fingerprint density at radius 2 is 1.81 bits per heavy atom. The van der Waals surface area contributed by atoms with Crippen molar-refractivity contribution in [3.8, 4) is 16.8 Å². The van der Waals surface area contributed by atoms with Crippen LogP contribution >= 0.6 is 0 Å². The standard InChI is InChI=1S/C27H30N4O/c1-18(2)20-7-9-21(10-8-20)24-16-31(23-6-4-5-19(3)15-23)27-25(24)26(28-17-29-27)30-22-11-13-32-14-12-22/h4-10,15-18,22H,11-14H2,1-3H3,(H,28,29,30). The summed E-state index contributed by atoms with van der Waals surface area (Å²) in [6.07, 6.45) is 5.85. The third-order valence-corrected chi connectivity index (χ3v) is 6.31. The van der Waals surface area contributed by atoms with Crippen molar-refractivity contribution in [1.29, 1.82) is 0 Å². The highest BCUT2D eigenvalue weighted by Gasteiger charge is 2.21. The van der Waals surface area contributed by atoms with Gasteiger partial charge in [0.05, 0.1) is 5.39 Å². The number of aryl methyl sites for hydroxylation is 1. The van der Waals surface area contributed by atoms with Crippen molar-refractivity contribution in [2.75, 3.05) is 18.5 Å². The first-order chi connectivity index (χ1) is 15.6. The number of ether oxygens (including phenoxy) is 1. The van der Waals surface area contributed by atoms with Gasteiger partial charge >= 0.3 is 0 Å². The molecule has 0 aliphatic carbocycles. The van der Waals surface area contributed by atoms with Crippen LogP contribution in [0.4, 0.5) is 5.82 Å². The molecule has 0 radical (unpaired) electrons. The molecule has 5 rings (SSSR count). The monoisotopic (exact) mass is 426 g/mol. The SMILES string of the molecule is Cc1cccc(-n2cc(-c3ccc(C(C)C)cc3)c3c(NC4CCOCC4)ncnc32)c1. The van der Waals surface area contributed by atoms with E-state index in [1.165, 1.54) is 16.7 Å². The van der Waals surface area contributed by atoms with Crippen LogP contribution in [0.15, 0.2) is 61.1 Å². The minimum atomic E-state index is 0.361. The molecule has 164 valence electrons. The van der Waals surface area contributed by atoms with E-state index in [1.54, 1.807) is 6.33 Å². The van der Waals surface area contributed by atoms with Crippen molar-refractivity contribution in [3.63, 3.8) is 0 Å². The van der Waals surface area contributed by atoms with Gasteiger partial charge in [-0.3, -0.25) is 0 Å². The minimum Gasteiger partial charge on any atom is -0.381 e. The molecule has 5 nitrogen and oxygen atoms in total. The minimum absolute atomic E-state index is 0.361. The van der Waals surface area contributed by atoms with E-state index in [4.69, 9.17) is 9.72 Å². The summed E-state index contributed by atoms with van der Waals surface area (Å²) in [5.74, 6) is 1.41. The highest BCUT2D eigenvalue weighted by Crippen LogP contribution is 2.36. The van der Waals surface area contributed by atoms with E-state index in [0.717, 1.165) is 54.2 Å². The molecule has 0 amide bonds. The molecule has 1 aliphatic rings. The molecule has 2 aromatic heterocycles. The number of anilines is 1. The lowest BCUT2D eigenvalue weighted by Gasteiger charge is -2.24. The molecule has 1 saturated heterocycles. The molecule has 5 heteroatoms. The van der Waals surface area contributed by atoms with E-state index in [2.05, 4.69) is 90.4 Å². The highest BCUT2D eigenvalue weighted by molar-refractivity contribution is 6.02. The fourth-order valence-electron chi connectivity index (χ4n) is 4.45. The summed E-state index contributed by atoms with van der Waals surface area (Å²) in [5.41, 5.74) is 6.91.